The smallest absolute Gasteiger partial charge is 0.216 e. The highest BCUT2D eigenvalue weighted by Crippen LogP contribution is 2.51. The van der Waals surface area contributed by atoms with E-state index in [-0.39, 0.29) is 11.2 Å². The molecule has 0 amide bonds. The van der Waals surface area contributed by atoms with Crippen molar-refractivity contribution in [3.05, 3.63) is 48.0 Å². The number of hydrogen-bond donors (Lipinski definition) is 2. The molecule has 2 aliphatic rings. The Balaban J connectivity index is 2.03. The van der Waals surface area contributed by atoms with E-state index in [9.17, 15) is 10.1 Å². The number of rotatable bonds is 2. The predicted molar refractivity (Wildman–Crippen MR) is 118 cm³/mol. The summed E-state index contributed by atoms with van der Waals surface area (Å²) in [6.45, 7) is 8.22. The van der Waals surface area contributed by atoms with Gasteiger partial charge in [-0.3, -0.25) is 14.8 Å². The first kappa shape index (κ1) is 20.0. The van der Waals surface area contributed by atoms with Crippen molar-refractivity contribution >= 4 is 45.8 Å². The van der Waals surface area contributed by atoms with Gasteiger partial charge >= 0.3 is 0 Å². The number of aromatic amines is 1. The Kier molecular flexibility index (Phi) is 4.76. The van der Waals surface area contributed by atoms with Crippen molar-refractivity contribution in [1.82, 2.24) is 10.2 Å². The van der Waals surface area contributed by atoms with Gasteiger partial charge in [-0.25, -0.2) is 0 Å². The number of carbonyl (C=O) groups excluding carboxylic acids is 1. The molecule has 1 aliphatic heterocycles. The maximum absolute atomic E-state index is 13.4. The number of thiophene rings is 1. The van der Waals surface area contributed by atoms with Crippen molar-refractivity contribution in [1.29, 1.82) is 5.26 Å². The van der Waals surface area contributed by atoms with Gasteiger partial charge in [0.05, 0.1) is 17.6 Å². The van der Waals surface area contributed by atoms with Crippen LogP contribution in [0.3, 0.4) is 0 Å². The fourth-order valence-corrected chi connectivity index (χ4v) is 6.17. The number of nitrogens with zero attached hydrogens (tertiary/aromatic N) is 3. The van der Waals surface area contributed by atoms with E-state index in [0.29, 0.717) is 38.9 Å². The SMILES string of the molecule is Cc1cc(C2C(C#N)=C(N)N(c3n[nH]c(=S)s3)C3=C2C(=O)CC(C)(C)C3)c(C)s1. The van der Waals surface area contributed by atoms with Gasteiger partial charge in [0.15, 0.2) is 9.74 Å². The zero-order valence-electron chi connectivity index (χ0n) is 16.6. The minimum Gasteiger partial charge on any atom is -0.384 e. The van der Waals surface area contributed by atoms with Crippen LogP contribution in [-0.2, 0) is 4.79 Å². The zero-order valence-corrected chi connectivity index (χ0v) is 19.1. The summed E-state index contributed by atoms with van der Waals surface area (Å²) in [6.07, 6.45) is 1.10. The molecule has 9 heteroatoms. The third-order valence-corrected chi connectivity index (χ3v) is 7.45. The lowest BCUT2D eigenvalue weighted by atomic mass is 9.68. The van der Waals surface area contributed by atoms with Gasteiger partial charge in [0.25, 0.3) is 0 Å². The molecule has 3 N–H and O–H groups in total. The maximum Gasteiger partial charge on any atom is 0.216 e. The molecular weight excluding hydrogens is 422 g/mol. The minimum absolute atomic E-state index is 0.0638. The van der Waals surface area contributed by atoms with Crippen LogP contribution < -0.4 is 10.6 Å². The molecule has 2 aromatic rings. The average Bonchev–Trinajstić information content (AvgIpc) is 3.17. The lowest BCUT2D eigenvalue weighted by Crippen LogP contribution is -2.42. The molecule has 0 spiro atoms. The highest BCUT2D eigenvalue weighted by Gasteiger charge is 2.45. The monoisotopic (exact) mass is 443 g/mol. The number of nitriles is 1. The number of aromatic nitrogens is 2. The number of Topliss-reactive ketones (excluding diaryl/α,β-unsaturated/α-hetero) is 1. The van der Waals surface area contributed by atoms with E-state index < -0.39 is 5.92 Å². The van der Waals surface area contributed by atoms with E-state index in [1.54, 1.807) is 16.2 Å². The standard InChI is InChI=1S/C20H21N5OS3/c1-9-5-11(10(2)28-9)15-12(8-21)17(22)25(18-23-24-19(27)29-18)13-6-20(3,4)7-14(26)16(13)15/h5,15H,6-7,22H2,1-4H3,(H,24,27). The largest absolute Gasteiger partial charge is 0.384 e. The highest BCUT2D eigenvalue weighted by atomic mass is 32.1. The van der Waals surface area contributed by atoms with Gasteiger partial charge in [-0.2, -0.15) is 5.26 Å². The van der Waals surface area contributed by atoms with Crippen LogP contribution in [0.5, 0.6) is 0 Å². The van der Waals surface area contributed by atoms with Gasteiger partial charge in [-0.05, 0) is 49.5 Å². The van der Waals surface area contributed by atoms with Gasteiger partial charge in [-0.1, -0.05) is 25.2 Å². The number of hydrogen-bond acceptors (Lipinski definition) is 8. The molecule has 0 saturated carbocycles. The molecule has 2 aromatic heterocycles. The molecule has 1 atom stereocenters. The minimum atomic E-state index is -0.438. The van der Waals surface area contributed by atoms with Crippen LogP contribution in [0, 0.1) is 34.5 Å². The molecule has 150 valence electrons. The summed E-state index contributed by atoms with van der Waals surface area (Å²) in [5.74, 6) is -0.0525. The second-order valence-corrected chi connectivity index (χ2v) is 11.3. The summed E-state index contributed by atoms with van der Waals surface area (Å²) < 4.78 is 0.515. The number of ketones is 1. The van der Waals surface area contributed by atoms with Crippen LogP contribution in [0.2, 0.25) is 0 Å². The van der Waals surface area contributed by atoms with Crippen molar-refractivity contribution < 1.29 is 4.79 Å². The summed E-state index contributed by atoms with van der Waals surface area (Å²) in [4.78, 5) is 17.4. The van der Waals surface area contributed by atoms with Gasteiger partial charge in [0.1, 0.15) is 5.82 Å². The van der Waals surface area contributed by atoms with Crippen LogP contribution in [0.4, 0.5) is 5.13 Å². The molecule has 4 rings (SSSR count). The van der Waals surface area contributed by atoms with Crippen molar-refractivity contribution in [2.45, 2.75) is 46.5 Å². The summed E-state index contributed by atoms with van der Waals surface area (Å²) in [5, 5.41) is 17.7. The molecule has 3 heterocycles. The number of carbonyl (C=O) groups is 1. The highest BCUT2D eigenvalue weighted by molar-refractivity contribution is 7.73. The molecule has 0 saturated heterocycles. The van der Waals surface area contributed by atoms with Crippen molar-refractivity contribution in [3.63, 3.8) is 0 Å². The Hall–Kier alpha value is -2.28. The van der Waals surface area contributed by atoms with Crippen LogP contribution in [0.25, 0.3) is 0 Å². The molecule has 0 fully saturated rings. The first-order valence-electron chi connectivity index (χ1n) is 9.21. The predicted octanol–water partition coefficient (Wildman–Crippen LogP) is 4.82. The van der Waals surface area contributed by atoms with E-state index in [4.69, 9.17) is 18.0 Å². The third kappa shape index (κ3) is 3.25. The normalized spacial score (nSPS) is 21.4. The van der Waals surface area contributed by atoms with Crippen molar-refractivity contribution in [3.8, 4) is 6.07 Å². The summed E-state index contributed by atoms with van der Waals surface area (Å²) >= 11 is 8.15. The van der Waals surface area contributed by atoms with Gasteiger partial charge in [0.2, 0.25) is 5.13 Å². The van der Waals surface area contributed by atoms with Crippen molar-refractivity contribution in [2.24, 2.45) is 11.1 Å². The Bertz CT molecular complexity index is 1190. The fourth-order valence-electron chi connectivity index (χ4n) is 4.29. The molecule has 0 bridgehead atoms. The Labute approximate surface area is 182 Å². The molecule has 6 nitrogen and oxygen atoms in total. The Morgan fingerprint density at radius 3 is 2.66 bits per heavy atom. The first-order valence-corrected chi connectivity index (χ1v) is 11.3. The van der Waals surface area contributed by atoms with Gasteiger partial charge in [0, 0.05) is 27.4 Å². The topological polar surface area (TPSA) is 98.8 Å². The molecule has 1 unspecified atom stereocenters. The second-order valence-electron chi connectivity index (χ2n) is 8.24. The maximum atomic E-state index is 13.4. The van der Waals surface area contributed by atoms with Gasteiger partial charge < -0.3 is 5.73 Å². The number of allylic oxidation sites excluding steroid dienone is 3. The number of H-pyrrole nitrogens is 1. The lowest BCUT2D eigenvalue weighted by Gasteiger charge is -2.42. The first-order chi connectivity index (χ1) is 13.6. The molecule has 1 aliphatic carbocycles. The molecular formula is C20H21N5OS3. The number of nitrogens with two attached hydrogens (primary N) is 1. The Morgan fingerprint density at radius 1 is 1.38 bits per heavy atom. The van der Waals surface area contributed by atoms with E-state index in [1.165, 1.54) is 11.3 Å². The quantitative estimate of drug-likeness (QED) is 0.646. The summed E-state index contributed by atoms with van der Waals surface area (Å²) in [7, 11) is 0. The van der Waals surface area contributed by atoms with E-state index in [2.05, 4.69) is 36.2 Å². The fraction of sp³-hybridized carbons (Fsp3) is 0.400. The molecule has 29 heavy (non-hydrogen) atoms. The van der Waals surface area contributed by atoms with Crippen LogP contribution in [-0.4, -0.2) is 16.0 Å². The lowest BCUT2D eigenvalue weighted by molar-refractivity contribution is -0.118. The van der Waals surface area contributed by atoms with Crippen LogP contribution >= 0.6 is 34.9 Å². The van der Waals surface area contributed by atoms with E-state index >= 15 is 0 Å². The molecule has 0 aromatic carbocycles. The summed E-state index contributed by atoms with van der Waals surface area (Å²) in [6, 6.07) is 4.36. The van der Waals surface area contributed by atoms with Crippen molar-refractivity contribution in [2.75, 3.05) is 4.90 Å². The van der Waals surface area contributed by atoms with Gasteiger partial charge in [-0.15, -0.1) is 16.4 Å². The van der Waals surface area contributed by atoms with E-state index in [1.807, 2.05) is 13.8 Å². The third-order valence-electron chi connectivity index (χ3n) is 5.39. The van der Waals surface area contributed by atoms with Crippen LogP contribution in [0.1, 0.15) is 47.9 Å². The number of aryl methyl sites for hydroxylation is 2. The number of anilines is 1. The molecule has 0 radical (unpaired) electrons. The number of nitrogens with one attached hydrogen (secondary N) is 1. The zero-order chi connectivity index (χ0) is 21.1. The second kappa shape index (κ2) is 6.90. The van der Waals surface area contributed by atoms with E-state index in [0.717, 1.165) is 21.0 Å². The average molecular weight is 444 g/mol. The summed E-state index contributed by atoms with van der Waals surface area (Å²) in [5.41, 5.74) is 9.22. The van der Waals surface area contributed by atoms with Crippen LogP contribution in [0.15, 0.2) is 28.7 Å². The Morgan fingerprint density at radius 2 is 2.10 bits per heavy atom.